The molecule has 0 aliphatic heterocycles. The molecule has 0 bridgehead atoms. The van der Waals surface area contributed by atoms with E-state index >= 15 is 0 Å². The molecular weight excluding hydrogens is 376 g/mol. The fourth-order valence-electron chi connectivity index (χ4n) is 2.56. The van der Waals surface area contributed by atoms with Gasteiger partial charge in [-0.3, -0.25) is 4.57 Å². The summed E-state index contributed by atoms with van der Waals surface area (Å²) in [4.78, 5) is 4.05. The quantitative estimate of drug-likeness (QED) is 0.587. The SMILES string of the molecule is COc1ccc(F)c(-c2c(Cl)nc(C)n2-c2ccc(Cl)c(F)c2)c1F. The van der Waals surface area contributed by atoms with Crippen LogP contribution in [0.25, 0.3) is 16.9 Å². The molecule has 130 valence electrons. The number of hydrogen-bond acceptors (Lipinski definition) is 2. The van der Waals surface area contributed by atoms with Gasteiger partial charge in [0, 0.05) is 0 Å². The van der Waals surface area contributed by atoms with Gasteiger partial charge in [0.05, 0.1) is 29.1 Å². The van der Waals surface area contributed by atoms with E-state index in [2.05, 4.69) is 4.98 Å². The number of hydrogen-bond donors (Lipinski definition) is 0. The van der Waals surface area contributed by atoms with E-state index in [4.69, 9.17) is 27.9 Å². The summed E-state index contributed by atoms with van der Waals surface area (Å²) in [6, 6.07) is 6.19. The van der Waals surface area contributed by atoms with E-state index in [1.54, 1.807) is 6.92 Å². The molecule has 0 aliphatic rings. The molecule has 3 aromatic rings. The van der Waals surface area contributed by atoms with Crippen molar-refractivity contribution in [3.63, 3.8) is 0 Å². The van der Waals surface area contributed by atoms with Gasteiger partial charge in [-0.25, -0.2) is 18.2 Å². The molecule has 0 aliphatic carbocycles. The third kappa shape index (κ3) is 2.96. The van der Waals surface area contributed by atoms with Crippen LogP contribution in [0.5, 0.6) is 5.75 Å². The van der Waals surface area contributed by atoms with Gasteiger partial charge in [-0.15, -0.1) is 0 Å². The van der Waals surface area contributed by atoms with Gasteiger partial charge >= 0.3 is 0 Å². The highest BCUT2D eigenvalue weighted by atomic mass is 35.5. The van der Waals surface area contributed by atoms with Crippen LogP contribution < -0.4 is 4.74 Å². The fraction of sp³-hybridized carbons (Fsp3) is 0.118. The number of methoxy groups -OCH3 is 1. The zero-order chi connectivity index (χ0) is 18.3. The van der Waals surface area contributed by atoms with Crippen molar-refractivity contribution in [3.8, 4) is 22.7 Å². The van der Waals surface area contributed by atoms with Crippen LogP contribution in [0.3, 0.4) is 0 Å². The third-order valence-corrected chi connectivity index (χ3v) is 4.25. The average Bonchev–Trinajstić information content (AvgIpc) is 2.85. The maximum absolute atomic E-state index is 14.7. The normalized spacial score (nSPS) is 11.0. The zero-order valence-electron chi connectivity index (χ0n) is 13.1. The minimum absolute atomic E-state index is 0.0465. The molecule has 0 amide bonds. The monoisotopic (exact) mass is 386 g/mol. The maximum Gasteiger partial charge on any atom is 0.177 e. The number of benzene rings is 2. The summed E-state index contributed by atoms with van der Waals surface area (Å²) < 4.78 is 49.2. The van der Waals surface area contributed by atoms with Crippen molar-refractivity contribution in [2.24, 2.45) is 0 Å². The molecule has 2 aromatic carbocycles. The smallest absolute Gasteiger partial charge is 0.177 e. The molecule has 1 heterocycles. The molecule has 0 unspecified atom stereocenters. The molecule has 8 heteroatoms. The van der Waals surface area contributed by atoms with Crippen LogP contribution in [0, 0.1) is 24.4 Å². The lowest BCUT2D eigenvalue weighted by Gasteiger charge is -2.14. The Morgan fingerprint density at radius 3 is 2.40 bits per heavy atom. The van der Waals surface area contributed by atoms with Crippen LogP contribution in [-0.4, -0.2) is 16.7 Å². The summed E-state index contributed by atoms with van der Waals surface area (Å²) in [5, 5.41) is -0.202. The van der Waals surface area contributed by atoms with E-state index in [-0.39, 0.29) is 27.3 Å². The van der Waals surface area contributed by atoms with E-state index in [0.29, 0.717) is 5.82 Å². The number of ether oxygens (including phenoxy) is 1. The Hall–Kier alpha value is -2.18. The Bertz CT molecular complexity index is 973. The molecule has 1 aromatic heterocycles. The number of rotatable bonds is 3. The Kier molecular flexibility index (Phi) is 4.67. The largest absolute Gasteiger partial charge is 0.494 e. The van der Waals surface area contributed by atoms with Crippen molar-refractivity contribution in [2.75, 3.05) is 7.11 Å². The lowest BCUT2D eigenvalue weighted by molar-refractivity contribution is 0.385. The van der Waals surface area contributed by atoms with Crippen LogP contribution in [0.4, 0.5) is 13.2 Å². The molecule has 0 fully saturated rings. The average molecular weight is 387 g/mol. The molecular formula is C17H11Cl2F3N2O. The van der Waals surface area contributed by atoms with E-state index in [0.717, 1.165) is 18.2 Å². The second-order valence-electron chi connectivity index (χ2n) is 5.17. The minimum Gasteiger partial charge on any atom is -0.494 e. The van der Waals surface area contributed by atoms with Gasteiger partial charge in [0.2, 0.25) is 0 Å². The number of halogens is 5. The maximum atomic E-state index is 14.7. The number of aryl methyl sites for hydroxylation is 1. The molecule has 0 spiro atoms. The Balaban J connectivity index is 2.34. The minimum atomic E-state index is -0.931. The summed E-state index contributed by atoms with van der Waals surface area (Å²) in [6.45, 7) is 1.58. The Morgan fingerprint density at radius 1 is 1.04 bits per heavy atom. The van der Waals surface area contributed by atoms with E-state index in [1.165, 1.54) is 23.8 Å². The molecule has 0 radical (unpaired) electrons. The summed E-state index contributed by atoms with van der Waals surface area (Å²) in [5.74, 6) is -2.29. The molecule has 25 heavy (non-hydrogen) atoms. The van der Waals surface area contributed by atoms with Gasteiger partial charge in [0.1, 0.15) is 17.5 Å². The molecule has 0 N–H and O–H groups in total. The fourth-order valence-corrected chi connectivity index (χ4v) is 2.98. The highest BCUT2D eigenvalue weighted by Gasteiger charge is 2.25. The second kappa shape index (κ2) is 6.61. The third-order valence-electron chi connectivity index (χ3n) is 3.68. The molecule has 0 saturated carbocycles. The summed E-state index contributed by atoms with van der Waals surface area (Å²) >= 11 is 11.8. The first-order valence-corrected chi connectivity index (χ1v) is 7.83. The second-order valence-corrected chi connectivity index (χ2v) is 5.94. The first-order valence-electron chi connectivity index (χ1n) is 7.07. The van der Waals surface area contributed by atoms with Crippen LogP contribution in [0.2, 0.25) is 10.2 Å². The van der Waals surface area contributed by atoms with Crippen molar-refractivity contribution >= 4 is 23.2 Å². The highest BCUT2D eigenvalue weighted by molar-refractivity contribution is 6.32. The Morgan fingerprint density at radius 2 is 1.76 bits per heavy atom. The van der Waals surface area contributed by atoms with Crippen LogP contribution in [0.15, 0.2) is 30.3 Å². The number of aromatic nitrogens is 2. The molecule has 0 atom stereocenters. The van der Waals surface area contributed by atoms with Crippen LogP contribution in [-0.2, 0) is 0 Å². The van der Waals surface area contributed by atoms with Gasteiger partial charge < -0.3 is 4.74 Å². The summed E-state index contributed by atoms with van der Waals surface area (Å²) in [5.41, 5.74) is -0.189. The number of imidazole rings is 1. The molecule has 0 saturated heterocycles. The van der Waals surface area contributed by atoms with Crippen molar-refractivity contribution in [3.05, 3.63) is 63.8 Å². The van der Waals surface area contributed by atoms with Crippen LogP contribution in [0.1, 0.15) is 5.82 Å². The Labute approximate surface area is 151 Å². The van der Waals surface area contributed by atoms with Gasteiger partial charge in [-0.05, 0) is 37.3 Å². The topological polar surface area (TPSA) is 27.1 Å². The molecule has 3 nitrogen and oxygen atoms in total. The van der Waals surface area contributed by atoms with E-state index in [1.807, 2.05) is 0 Å². The van der Waals surface area contributed by atoms with E-state index in [9.17, 15) is 13.2 Å². The van der Waals surface area contributed by atoms with Gasteiger partial charge in [0.25, 0.3) is 0 Å². The molecule has 3 rings (SSSR count). The van der Waals surface area contributed by atoms with Gasteiger partial charge in [0.15, 0.2) is 16.7 Å². The van der Waals surface area contributed by atoms with Gasteiger partial charge in [-0.1, -0.05) is 23.2 Å². The summed E-state index contributed by atoms with van der Waals surface area (Å²) in [7, 11) is 1.26. The first kappa shape index (κ1) is 17.6. The van der Waals surface area contributed by atoms with Crippen molar-refractivity contribution < 1.29 is 17.9 Å². The highest BCUT2D eigenvalue weighted by Crippen LogP contribution is 2.38. The summed E-state index contributed by atoms with van der Waals surface area (Å²) in [6.07, 6.45) is 0. The van der Waals surface area contributed by atoms with Crippen molar-refractivity contribution in [1.29, 1.82) is 0 Å². The lowest BCUT2D eigenvalue weighted by atomic mass is 10.1. The van der Waals surface area contributed by atoms with Crippen LogP contribution >= 0.6 is 23.2 Å². The predicted molar refractivity (Wildman–Crippen MR) is 90.2 cm³/mol. The predicted octanol–water partition coefficient (Wildman–Crippen LogP) is 5.58. The van der Waals surface area contributed by atoms with E-state index < -0.39 is 23.0 Å². The van der Waals surface area contributed by atoms with Crippen molar-refractivity contribution in [2.45, 2.75) is 6.92 Å². The van der Waals surface area contributed by atoms with Crippen molar-refractivity contribution in [1.82, 2.24) is 9.55 Å². The standard InChI is InChI=1S/C17H11Cl2F3N2O/c1-8-23-17(19)16(14-11(20)5-6-13(25-2)15(14)22)24(8)9-3-4-10(18)12(21)7-9/h3-7H,1-2H3. The first-order chi connectivity index (χ1) is 11.8. The lowest BCUT2D eigenvalue weighted by Crippen LogP contribution is -2.04. The zero-order valence-corrected chi connectivity index (χ0v) is 14.6. The number of nitrogens with zero attached hydrogens (tertiary/aromatic N) is 2. The van der Waals surface area contributed by atoms with Gasteiger partial charge in [-0.2, -0.15) is 0 Å².